The summed E-state index contributed by atoms with van der Waals surface area (Å²) in [5.74, 6) is 0.230. The van der Waals surface area contributed by atoms with Gasteiger partial charge < -0.3 is 16.0 Å². The molecule has 0 aliphatic rings. The van der Waals surface area contributed by atoms with Crippen LogP contribution in [0.1, 0.15) is 31.4 Å². The van der Waals surface area contributed by atoms with Crippen LogP contribution in [0.5, 0.6) is 0 Å². The van der Waals surface area contributed by atoms with Crippen LogP contribution in [-0.2, 0) is 11.3 Å². The fraction of sp³-hybridized carbons (Fsp3) is 0.500. The Kier molecular flexibility index (Phi) is 11.4. The van der Waals surface area contributed by atoms with E-state index in [2.05, 4.69) is 20.9 Å². The third kappa shape index (κ3) is 8.73. The van der Waals surface area contributed by atoms with Crippen LogP contribution in [0, 0.1) is 12.7 Å². The molecule has 0 fully saturated rings. The van der Waals surface area contributed by atoms with E-state index in [9.17, 15) is 9.18 Å². The Morgan fingerprint density at radius 2 is 1.96 bits per heavy atom. The number of nitrogens with one attached hydrogen (secondary N) is 3. The van der Waals surface area contributed by atoms with E-state index in [1.807, 2.05) is 19.9 Å². The summed E-state index contributed by atoms with van der Waals surface area (Å²) in [7, 11) is 0. The number of hydrogen-bond donors (Lipinski definition) is 3. The van der Waals surface area contributed by atoms with Gasteiger partial charge in [-0.3, -0.25) is 4.79 Å². The molecule has 0 aromatic heterocycles. The van der Waals surface area contributed by atoms with E-state index < -0.39 is 0 Å². The maximum absolute atomic E-state index is 13.5. The van der Waals surface area contributed by atoms with Crippen LogP contribution in [-0.4, -0.2) is 31.5 Å². The second-order valence-electron chi connectivity index (χ2n) is 4.98. The van der Waals surface area contributed by atoms with Gasteiger partial charge in [-0.05, 0) is 37.5 Å². The largest absolute Gasteiger partial charge is 0.357 e. The molecule has 1 rings (SSSR count). The summed E-state index contributed by atoms with van der Waals surface area (Å²) in [5, 5.41) is 8.80. The summed E-state index contributed by atoms with van der Waals surface area (Å²) < 4.78 is 13.5. The van der Waals surface area contributed by atoms with Crippen molar-refractivity contribution in [1.29, 1.82) is 0 Å². The Morgan fingerprint density at radius 1 is 1.22 bits per heavy atom. The van der Waals surface area contributed by atoms with Gasteiger partial charge in [-0.15, -0.1) is 24.0 Å². The molecule has 3 N–H and O–H groups in total. The van der Waals surface area contributed by atoms with E-state index in [0.717, 1.165) is 12.0 Å². The van der Waals surface area contributed by atoms with Gasteiger partial charge >= 0.3 is 0 Å². The van der Waals surface area contributed by atoms with E-state index >= 15 is 0 Å². The molecule has 1 aromatic rings. The lowest BCUT2D eigenvalue weighted by molar-refractivity contribution is -0.120. The Morgan fingerprint density at radius 3 is 2.57 bits per heavy atom. The third-order valence-electron chi connectivity index (χ3n) is 2.99. The van der Waals surface area contributed by atoms with Crippen LogP contribution in [0.3, 0.4) is 0 Å². The van der Waals surface area contributed by atoms with Gasteiger partial charge in [0, 0.05) is 13.1 Å². The molecule has 5 nitrogen and oxygen atoms in total. The zero-order valence-corrected chi connectivity index (χ0v) is 16.2. The number of benzene rings is 1. The van der Waals surface area contributed by atoms with Crippen molar-refractivity contribution in [2.24, 2.45) is 4.99 Å². The Hall–Kier alpha value is -1.38. The molecule has 0 saturated heterocycles. The summed E-state index contributed by atoms with van der Waals surface area (Å²) in [6.07, 6.45) is 0.902. The summed E-state index contributed by atoms with van der Waals surface area (Å²) in [5.41, 5.74) is 1.40. The number of carbonyl (C=O) groups is 1. The molecule has 0 saturated carbocycles. The molecule has 130 valence electrons. The normalized spacial score (nSPS) is 10.7. The van der Waals surface area contributed by atoms with Gasteiger partial charge in [0.05, 0.1) is 13.1 Å². The minimum atomic E-state index is -0.232. The Labute approximate surface area is 154 Å². The lowest BCUT2D eigenvalue weighted by Gasteiger charge is -2.11. The quantitative estimate of drug-likeness (QED) is 0.349. The molecular weight excluding hydrogens is 410 g/mol. The van der Waals surface area contributed by atoms with E-state index in [-0.39, 0.29) is 42.2 Å². The highest BCUT2D eigenvalue weighted by Crippen LogP contribution is 2.09. The first-order valence-corrected chi connectivity index (χ1v) is 7.60. The second kappa shape index (κ2) is 12.1. The van der Waals surface area contributed by atoms with Crippen LogP contribution >= 0.6 is 24.0 Å². The Bertz CT molecular complexity index is 523. The van der Waals surface area contributed by atoms with Gasteiger partial charge in [-0.1, -0.05) is 19.1 Å². The highest BCUT2D eigenvalue weighted by Gasteiger charge is 2.03. The summed E-state index contributed by atoms with van der Waals surface area (Å²) in [6, 6.07) is 5.06. The molecule has 0 radical (unpaired) electrons. The molecule has 0 heterocycles. The number of aryl methyl sites for hydroxylation is 1. The van der Waals surface area contributed by atoms with Gasteiger partial charge in [-0.2, -0.15) is 0 Å². The van der Waals surface area contributed by atoms with Gasteiger partial charge in [0.1, 0.15) is 5.82 Å². The number of guanidine groups is 1. The van der Waals surface area contributed by atoms with Crippen molar-refractivity contribution in [3.63, 3.8) is 0 Å². The van der Waals surface area contributed by atoms with Crippen molar-refractivity contribution >= 4 is 35.8 Å². The highest BCUT2D eigenvalue weighted by atomic mass is 127. The maximum atomic E-state index is 13.5. The number of halogens is 2. The summed E-state index contributed by atoms with van der Waals surface area (Å²) in [4.78, 5) is 15.9. The molecule has 7 heteroatoms. The van der Waals surface area contributed by atoms with Gasteiger partial charge in [0.25, 0.3) is 0 Å². The van der Waals surface area contributed by atoms with E-state index in [1.54, 1.807) is 13.0 Å². The number of nitrogens with zero attached hydrogens (tertiary/aromatic N) is 1. The average Bonchev–Trinajstić information content (AvgIpc) is 2.51. The fourth-order valence-electron chi connectivity index (χ4n) is 1.74. The molecule has 0 spiro atoms. The van der Waals surface area contributed by atoms with Crippen molar-refractivity contribution in [2.45, 2.75) is 33.7 Å². The van der Waals surface area contributed by atoms with Crippen molar-refractivity contribution in [1.82, 2.24) is 16.0 Å². The van der Waals surface area contributed by atoms with Crippen LogP contribution in [0.25, 0.3) is 0 Å². The zero-order valence-electron chi connectivity index (χ0n) is 13.9. The predicted octanol–water partition coefficient (Wildman–Crippen LogP) is 2.33. The summed E-state index contributed by atoms with van der Waals surface area (Å²) >= 11 is 0. The molecule has 0 aliphatic heterocycles. The third-order valence-corrected chi connectivity index (χ3v) is 2.99. The molecule has 0 atom stereocenters. The molecule has 0 aliphatic carbocycles. The number of aliphatic imine (C=N–C) groups is 1. The first-order valence-electron chi connectivity index (χ1n) is 7.60. The smallest absolute Gasteiger partial charge is 0.239 e. The molecule has 0 bridgehead atoms. The van der Waals surface area contributed by atoms with Crippen molar-refractivity contribution in [3.8, 4) is 0 Å². The average molecular weight is 436 g/mol. The highest BCUT2D eigenvalue weighted by molar-refractivity contribution is 14.0. The monoisotopic (exact) mass is 436 g/mol. The van der Waals surface area contributed by atoms with Crippen molar-refractivity contribution < 1.29 is 9.18 Å². The molecule has 1 amide bonds. The molecule has 1 aromatic carbocycles. The lowest BCUT2D eigenvalue weighted by Crippen LogP contribution is -2.43. The van der Waals surface area contributed by atoms with Crippen LogP contribution < -0.4 is 16.0 Å². The number of hydrogen-bond acceptors (Lipinski definition) is 2. The standard InChI is InChI=1S/C16H25FN4O.HI/c1-4-8-19-15(22)11-21-16(18-5-2)20-10-13-7-6-12(3)14(17)9-13;/h6-7,9H,4-5,8,10-11H2,1-3H3,(H,19,22)(H2,18,20,21);1H. The minimum Gasteiger partial charge on any atom is -0.357 e. The van der Waals surface area contributed by atoms with Gasteiger partial charge in [0.15, 0.2) is 5.96 Å². The van der Waals surface area contributed by atoms with Crippen LogP contribution in [0.15, 0.2) is 23.2 Å². The maximum Gasteiger partial charge on any atom is 0.239 e. The van der Waals surface area contributed by atoms with Crippen molar-refractivity contribution in [3.05, 3.63) is 35.1 Å². The van der Waals surface area contributed by atoms with Crippen molar-refractivity contribution in [2.75, 3.05) is 19.6 Å². The van der Waals surface area contributed by atoms with Gasteiger partial charge in [-0.25, -0.2) is 9.38 Å². The minimum absolute atomic E-state index is 0. The number of rotatable bonds is 7. The molecular formula is C16H26FIN4O. The first-order chi connectivity index (χ1) is 10.6. The summed E-state index contributed by atoms with van der Waals surface area (Å²) in [6.45, 7) is 7.53. The lowest BCUT2D eigenvalue weighted by atomic mass is 10.1. The topological polar surface area (TPSA) is 65.5 Å². The predicted molar refractivity (Wildman–Crippen MR) is 103 cm³/mol. The second-order valence-corrected chi connectivity index (χ2v) is 4.98. The van der Waals surface area contributed by atoms with Gasteiger partial charge in [0.2, 0.25) is 5.91 Å². The van der Waals surface area contributed by atoms with E-state index in [1.165, 1.54) is 6.07 Å². The molecule has 23 heavy (non-hydrogen) atoms. The van der Waals surface area contributed by atoms with Crippen LogP contribution in [0.2, 0.25) is 0 Å². The van der Waals surface area contributed by atoms with Crippen LogP contribution in [0.4, 0.5) is 4.39 Å². The fourth-order valence-corrected chi connectivity index (χ4v) is 1.74. The van der Waals surface area contributed by atoms with E-state index in [4.69, 9.17) is 0 Å². The zero-order chi connectivity index (χ0) is 16.4. The number of carbonyl (C=O) groups excluding carboxylic acids is 1. The number of amides is 1. The van der Waals surface area contributed by atoms with E-state index in [0.29, 0.717) is 31.2 Å². The SMILES string of the molecule is CCCNC(=O)CNC(=NCc1ccc(C)c(F)c1)NCC.I. The first kappa shape index (κ1) is 21.6. The Balaban J connectivity index is 0.00000484. The molecule has 0 unspecified atom stereocenters.